The fourth-order valence-electron chi connectivity index (χ4n) is 2.44. The van der Waals surface area contributed by atoms with Gasteiger partial charge in [0, 0.05) is 23.1 Å². The number of hydrogen-bond acceptors (Lipinski definition) is 4. The molecule has 0 aliphatic heterocycles. The average molecular weight is 462 g/mol. The maximum Gasteiger partial charge on any atom is 0.407 e. The minimum Gasteiger partial charge on any atom is -0.445 e. The van der Waals surface area contributed by atoms with E-state index in [2.05, 4.69) is 31.9 Å². The highest BCUT2D eigenvalue weighted by molar-refractivity contribution is 9.10. The molecule has 0 fully saturated rings. The highest BCUT2D eigenvalue weighted by Crippen LogP contribution is 2.19. The van der Waals surface area contributed by atoms with Gasteiger partial charge in [-0.15, -0.1) is 0 Å². The number of amides is 3. The molecule has 0 spiro atoms. The van der Waals surface area contributed by atoms with E-state index in [4.69, 9.17) is 4.74 Å². The Balaban J connectivity index is 1.56. The third kappa shape index (κ3) is 8.78. The molecule has 3 N–H and O–H groups in total. The van der Waals surface area contributed by atoms with E-state index in [1.54, 1.807) is 6.07 Å². The van der Waals surface area contributed by atoms with Crippen molar-refractivity contribution in [2.75, 3.05) is 18.4 Å². The van der Waals surface area contributed by atoms with Crippen LogP contribution in [0.15, 0.2) is 53.0 Å². The summed E-state index contributed by atoms with van der Waals surface area (Å²) in [5.74, 6) is -0.557. The third-order valence-electron chi connectivity index (χ3n) is 3.97. The number of aryl methyl sites for hydroxylation is 1. The molecule has 0 bridgehead atoms. The minimum atomic E-state index is -0.529. The predicted molar refractivity (Wildman–Crippen MR) is 114 cm³/mol. The predicted octanol–water partition coefficient (Wildman–Crippen LogP) is 3.52. The molecule has 0 aromatic heterocycles. The van der Waals surface area contributed by atoms with E-state index in [1.165, 1.54) is 0 Å². The Hall–Kier alpha value is -2.87. The molecule has 0 heterocycles. The number of nitrogens with one attached hydrogen (secondary N) is 3. The number of halogens is 1. The SMILES string of the molecule is Cc1cc(Br)ccc1NC(=O)CNC(=O)CCCNC(=O)OCc1ccccc1. The number of carbonyl (C=O) groups is 3. The smallest absolute Gasteiger partial charge is 0.407 e. The van der Waals surface area contributed by atoms with Gasteiger partial charge in [0.25, 0.3) is 0 Å². The van der Waals surface area contributed by atoms with Crippen molar-refractivity contribution in [3.8, 4) is 0 Å². The maximum absolute atomic E-state index is 12.0. The lowest BCUT2D eigenvalue weighted by atomic mass is 10.2. The van der Waals surface area contributed by atoms with Gasteiger partial charge >= 0.3 is 6.09 Å². The van der Waals surface area contributed by atoms with E-state index in [9.17, 15) is 14.4 Å². The zero-order valence-corrected chi connectivity index (χ0v) is 17.8. The van der Waals surface area contributed by atoms with Gasteiger partial charge in [0.2, 0.25) is 11.8 Å². The molecular weight excluding hydrogens is 438 g/mol. The van der Waals surface area contributed by atoms with Crippen molar-refractivity contribution in [1.29, 1.82) is 0 Å². The van der Waals surface area contributed by atoms with Crippen LogP contribution in [0.5, 0.6) is 0 Å². The molecule has 2 aromatic carbocycles. The third-order valence-corrected chi connectivity index (χ3v) is 4.46. The first kappa shape index (κ1) is 22.4. The number of alkyl carbamates (subject to hydrolysis) is 1. The molecule has 3 amide bonds. The van der Waals surface area contributed by atoms with E-state index < -0.39 is 6.09 Å². The van der Waals surface area contributed by atoms with Crippen molar-refractivity contribution < 1.29 is 19.1 Å². The summed E-state index contributed by atoms with van der Waals surface area (Å²) in [6.07, 6.45) is 0.113. The summed E-state index contributed by atoms with van der Waals surface area (Å²) in [7, 11) is 0. The molecule has 0 atom stereocenters. The average Bonchev–Trinajstić information content (AvgIpc) is 2.71. The molecule has 0 unspecified atom stereocenters. The van der Waals surface area contributed by atoms with Gasteiger partial charge in [-0.1, -0.05) is 46.3 Å². The van der Waals surface area contributed by atoms with Crippen molar-refractivity contribution in [2.45, 2.75) is 26.4 Å². The lowest BCUT2D eigenvalue weighted by molar-refractivity contribution is -0.124. The molecule has 0 saturated carbocycles. The van der Waals surface area contributed by atoms with Crippen LogP contribution < -0.4 is 16.0 Å². The Morgan fingerprint density at radius 2 is 1.76 bits per heavy atom. The van der Waals surface area contributed by atoms with Gasteiger partial charge < -0.3 is 20.7 Å². The molecule has 2 aromatic rings. The lowest BCUT2D eigenvalue weighted by Gasteiger charge is -2.10. The van der Waals surface area contributed by atoms with Crippen molar-refractivity contribution in [3.05, 3.63) is 64.1 Å². The topological polar surface area (TPSA) is 96.5 Å². The molecule has 2 rings (SSSR count). The molecule has 154 valence electrons. The van der Waals surface area contributed by atoms with Crippen LogP contribution in [0.25, 0.3) is 0 Å². The molecule has 0 aliphatic carbocycles. The number of ether oxygens (including phenoxy) is 1. The monoisotopic (exact) mass is 461 g/mol. The Morgan fingerprint density at radius 3 is 2.48 bits per heavy atom. The zero-order chi connectivity index (χ0) is 21.1. The molecule has 0 saturated heterocycles. The van der Waals surface area contributed by atoms with Crippen LogP contribution in [-0.2, 0) is 20.9 Å². The van der Waals surface area contributed by atoms with Gasteiger partial charge in [-0.05, 0) is 42.7 Å². The van der Waals surface area contributed by atoms with Crippen molar-refractivity contribution in [1.82, 2.24) is 10.6 Å². The molecule has 8 heteroatoms. The van der Waals surface area contributed by atoms with Crippen molar-refractivity contribution in [3.63, 3.8) is 0 Å². The summed E-state index contributed by atoms with van der Waals surface area (Å²) in [6.45, 7) is 2.28. The van der Waals surface area contributed by atoms with E-state index in [-0.39, 0.29) is 31.4 Å². The largest absolute Gasteiger partial charge is 0.445 e. The summed E-state index contributed by atoms with van der Waals surface area (Å²) in [5, 5.41) is 7.91. The standard InChI is InChI=1S/C21H24BrN3O4/c1-15-12-17(22)9-10-18(15)25-20(27)13-24-19(26)8-5-11-23-21(28)29-14-16-6-3-2-4-7-16/h2-4,6-7,9-10,12H,5,8,11,13-14H2,1H3,(H,23,28)(H,24,26)(H,25,27). The molecule has 29 heavy (non-hydrogen) atoms. The normalized spacial score (nSPS) is 10.1. The van der Waals surface area contributed by atoms with Crippen LogP contribution in [-0.4, -0.2) is 31.0 Å². The fraction of sp³-hybridized carbons (Fsp3) is 0.286. The van der Waals surface area contributed by atoms with Crippen LogP contribution in [0.3, 0.4) is 0 Å². The van der Waals surface area contributed by atoms with Gasteiger partial charge in [-0.25, -0.2) is 4.79 Å². The quantitative estimate of drug-likeness (QED) is 0.497. The van der Waals surface area contributed by atoms with E-state index >= 15 is 0 Å². The van der Waals surface area contributed by atoms with Gasteiger partial charge in [-0.3, -0.25) is 9.59 Å². The molecule has 0 aliphatic rings. The molecular formula is C21H24BrN3O4. The summed E-state index contributed by atoms with van der Waals surface area (Å²) < 4.78 is 6.01. The van der Waals surface area contributed by atoms with Crippen LogP contribution in [0.4, 0.5) is 10.5 Å². The van der Waals surface area contributed by atoms with Crippen LogP contribution >= 0.6 is 15.9 Å². The molecule has 0 radical (unpaired) electrons. The number of rotatable bonds is 9. The second-order valence-corrected chi connectivity index (χ2v) is 7.29. The first-order valence-electron chi connectivity index (χ1n) is 9.21. The summed E-state index contributed by atoms with van der Waals surface area (Å²) in [6, 6.07) is 14.9. The number of hydrogen-bond donors (Lipinski definition) is 3. The Labute approximate surface area is 178 Å². The first-order chi connectivity index (χ1) is 13.9. The van der Waals surface area contributed by atoms with E-state index in [1.807, 2.05) is 49.4 Å². The maximum atomic E-state index is 12.0. The summed E-state index contributed by atoms with van der Waals surface area (Å²) >= 11 is 3.37. The Morgan fingerprint density at radius 1 is 1.00 bits per heavy atom. The highest BCUT2D eigenvalue weighted by Gasteiger charge is 2.08. The van der Waals surface area contributed by atoms with E-state index in [0.29, 0.717) is 18.7 Å². The number of benzene rings is 2. The van der Waals surface area contributed by atoms with Crippen LogP contribution in [0.2, 0.25) is 0 Å². The summed E-state index contributed by atoms with van der Waals surface area (Å²) in [5.41, 5.74) is 2.52. The number of carbonyl (C=O) groups excluding carboxylic acids is 3. The zero-order valence-electron chi connectivity index (χ0n) is 16.2. The van der Waals surface area contributed by atoms with Gasteiger partial charge in [0.1, 0.15) is 6.61 Å². The van der Waals surface area contributed by atoms with Gasteiger partial charge in [-0.2, -0.15) is 0 Å². The van der Waals surface area contributed by atoms with Crippen LogP contribution in [0, 0.1) is 6.92 Å². The second-order valence-electron chi connectivity index (χ2n) is 6.38. The Kier molecular flexibility index (Phi) is 9.17. The highest BCUT2D eigenvalue weighted by atomic mass is 79.9. The van der Waals surface area contributed by atoms with Crippen LogP contribution in [0.1, 0.15) is 24.0 Å². The summed E-state index contributed by atoms with van der Waals surface area (Å²) in [4.78, 5) is 35.4. The van der Waals surface area contributed by atoms with Crippen molar-refractivity contribution >= 4 is 39.5 Å². The first-order valence-corrected chi connectivity index (χ1v) is 10.0. The fourth-order valence-corrected chi connectivity index (χ4v) is 2.92. The van der Waals surface area contributed by atoms with Crippen molar-refractivity contribution in [2.24, 2.45) is 0 Å². The lowest BCUT2D eigenvalue weighted by Crippen LogP contribution is -2.33. The minimum absolute atomic E-state index is 0.110. The van der Waals surface area contributed by atoms with Gasteiger partial charge in [0.15, 0.2) is 0 Å². The molecule has 7 nitrogen and oxygen atoms in total. The van der Waals surface area contributed by atoms with Gasteiger partial charge in [0.05, 0.1) is 6.54 Å². The Bertz CT molecular complexity index is 843. The number of anilines is 1. The van der Waals surface area contributed by atoms with E-state index in [0.717, 1.165) is 15.6 Å². The second kappa shape index (κ2) is 11.9.